The maximum atomic E-state index is 13.3. The maximum Gasteiger partial charge on any atom is 0.253 e. The lowest BCUT2D eigenvalue weighted by molar-refractivity contribution is 0.0705. The topological polar surface area (TPSA) is 76.8 Å². The fourth-order valence-corrected chi connectivity index (χ4v) is 5.35. The van der Waals surface area contributed by atoms with Crippen LogP contribution in [0, 0.1) is 0 Å². The normalized spacial score (nSPS) is 15.9. The minimum Gasteiger partial charge on any atom is -0.353 e. The van der Waals surface area contributed by atoms with Gasteiger partial charge in [-0.2, -0.15) is 5.10 Å². The average Bonchev–Trinajstić information content (AvgIpc) is 3.43. The van der Waals surface area contributed by atoms with E-state index in [2.05, 4.69) is 56.9 Å². The van der Waals surface area contributed by atoms with Gasteiger partial charge in [0.25, 0.3) is 5.91 Å². The molecule has 0 spiro atoms. The second-order valence-corrected chi connectivity index (χ2v) is 9.30. The molecule has 0 atom stereocenters. The number of hydrogen-bond donors (Lipinski definition) is 3. The van der Waals surface area contributed by atoms with Crippen molar-refractivity contribution < 1.29 is 4.79 Å². The lowest BCUT2D eigenvalue weighted by atomic mass is 10.0. The highest BCUT2D eigenvalue weighted by molar-refractivity contribution is 6.00. The zero-order valence-electron chi connectivity index (χ0n) is 19.1. The van der Waals surface area contributed by atoms with Crippen LogP contribution in [-0.4, -0.2) is 45.1 Å². The molecule has 3 heterocycles. The third kappa shape index (κ3) is 4.24. The summed E-state index contributed by atoms with van der Waals surface area (Å²) in [7, 11) is 0. The third-order valence-electron chi connectivity index (χ3n) is 7.21. The number of aryl methyl sites for hydroxylation is 2. The molecule has 176 valence electrons. The fraction of sp³-hybridized carbons (Fsp3) is 0.333. The van der Waals surface area contributed by atoms with E-state index in [0.717, 1.165) is 79.6 Å². The summed E-state index contributed by atoms with van der Waals surface area (Å²) in [6.07, 6.45) is 7.04. The Labute approximate surface area is 205 Å². The molecule has 0 radical (unpaired) electrons. The molecule has 1 amide bonds. The monoisotopic (exact) mass is 475 g/mol. The number of hydrogen-bond acceptors (Lipinski definition) is 3. The highest BCUT2D eigenvalue weighted by Crippen LogP contribution is 2.35. The van der Waals surface area contributed by atoms with Crippen molar-refractivity contribution in [3.8, 4) is 11.4 Å². The van der Waals surface area contributed by atoms with Crippen molar-refractivity contribution in [3.63, 3.8) is 0 Å². The van der Waals surface area contributed by atoms with Gasteiger partial charge in [0.05, 0.1) is 17.6 Å². The van der Waals surface area contributed by atoms with E-state index in [4.69, 9.17) is 0 Å². The van der Waals surface area contributed by atoms with Crippen LogP contribution in [0.2, 0.25) is 0 Å². The van der Waals surface area contributed by atoms with E-state index in [-0.39, 0.29) is 18.3 Å². The van der Waals surface area contributed by atoms with Crippen LogP contribution < -0.4 is 5.32 Å². The first-order chi connectivity index (χ1) is 16.3. The van der Waals surface area contributed by atoms with Gasteiger partial charge in [-0.1, -0.05) is 30.3 Å². The second kappa shape index (κ2) is 9.65. The van der Waals surface area contributed by atoms with E-state index in [9.17, 15) is 4.79 Å². The molecule has 0 saturated carbocycles. The van der Waals surface area contributed by atoms with Gasteiger partial charge in [0.15, 0.2) is 0 Å². The molecule has 1 saturated heterocycles. The van der Waals surface area contributed by atoms with Crippen LogP contribution in [0.5, 0.6) is 0 Å². The summed E-state index contributed by atoms with van der Waals surface area (Å²) < 4.78 is 0. The number of piperidine rings is 1. The standard InChI is InChI=1S/C27H29N5O.ClH/c33-27(32-13-11-21(12-14-32)28-16-18-5-2-1-3-6-18)19-9-10-24-23(15-19)22-8-4-7-20-17-29-31-25(20)26(22)30-24;/h1-3,5-6,9-10,15,17,21,28,30H,4,7-8,11-14,16H2,(H,29,31);1H. The summed E-state index contributed by atoms with van der Waals surface area (Å²) in [5.74, 6) is 0.143. The zero-order valence-corrected chi connectivity index (χ0v) is 20.0. The molecule has 4 aromatic rings. The van der Waals surface area contributed by atoms with E-state index < -0.39 is 0 Å². The Kier molecular flexibility index (Phi) is 6.44. The highest BCUT2D eigenvalue weighted by atomic mass is 35.5. The van der Waals surface area contributed by atoms with Gasteiger partial charge in [0.1, 0.15) is 0 Å². The molecule has 1 fully saturated rings. The number of amides is 1. The number of aromatic nitrogens is 3. The van der Waals surface area contributed by atoms with E-state index in [1.165, 1.54) is 16.7 Å². The quantitative estimate of drug-likeness (QED) is 0.394. The molecule has 6 rings (SSSR count). The van der Waals surface area contributed by atoms with Crippen LogP contribution in [0.15, 0.2) is 54.7 Å². The van der Waals surface area contributed by atoms with E-state index in [1.54, 1.807) is 0 Å². The second-order valence-electron chi connectivity index (χ2n) is 9.30. The molecule has 34 heavy (non-hydrogen) atoms. The first-order valence-electron chi connectivity index (χ1n) is 12.0. The van der Waals surface area contributed by atoms with Crippen molar-refractivity contribution in [2.75, 3.05) is 13.1 Å². The summed E-state index contributed by atoms with van der Waals surface area (Å²) >= 11 is 0. The minimum atomic E-state index is 0. The lowest BCUT2D eigenvalue weighted by Gasteiger charge is -2.32. The molecular weight excluding hydrogens is 446 g/mol. The van der Waals surface area contributed by atoms with E-state index in [1.807, 2.05) is 23.2 Å². The molecule has 7 heteroatoms. The minimum absolute atomic E-state index is 0. The molecule has 6 nitrogen and oxygen atoms in total. The van der Waals surface area contributed by atoms with Gasteiger partial charge < -0.3 is 15.2 Å². The molecule has 3 N–H and O–H groups in total. The maximum absolute atomic E-state index is 13.3. The predicted octanol–water partition coefficient (Wildman–Crippen LogP) is 4.86. The van der Waals surface area contributed by atoms with Crippen molar-refractivity contribution in [2.45, 2.75) is 44.7 Å². The summed E-state index contributed by atoms with van der Waals surface area (Å²) in [6, 6.07) is 17.1. The molecule has 2 aromatic carbocycles. The Bertz CT molecular complexity index is 1290. The number of benzene rings is 2. The van der Waals surface area contributed by atoms with Crippen LogP contribution in [0.1, 0.15) is 46.3 Å². The number of nitrogens with one attached hydrogen (secondary N) is 3. The fourth-order valence-electron chi connectivity index (χ4n) is 5.35. The Balaban J connectivity index is 0.00000241. The number of likely N-dealkylation sites (tertiary alicyclic amines) is 1. The van der Waals surface area contributed by atoms with Gasteiger partial charge in [0, 0.05) is 42.1 Å². The SMILES string of the molecule is Cl.O=C(c1ccc2[nH]c3c(c2c1)CCCc1cn[nH]c1-3)N1CCC(NCc2ccccc2)CC1. The van der Waals surface area contributed by atoms with Crippen molar-refractivity contribution in [1.82, 2.24) is 25.4 Å². The Morgan fingerprint density at radius 2 is 1.88 bits per heavy atom. The number of aromatic amines is 2. The number of carbonyl (C=O) groups is 1. The third-order valence-corrected chi connectivity index (χ3v) is 7.21. The molecule has 0 bridgehead atoms. The van der Waals surface area contributed by atoms with Crippen LogP contribution in [0.3, 0.4) is 0 Å². The number of carbonyl (C=O) groups excluding carboxylic acids is 1. The molecule has 0 unspecified atom stereocenters. The van der Waals surface area contributed by atoms with Crippen LogP contribution >= 0.6 is 12.4 Å². The van der Waals surface area contributed by atoms with Crippen molar-refractivity contribution in [2.24, 2.45) is 0 Å². The van der Waals surface area contributed by atoms with Gasteiger partial charge in [-0.25, -0.2) is 0 Å². The number of nitrogens with zero attached hydrogens (tertiary/aromatic N) is 2. The first kappa shape index (κ1) is 22.7. The highest BCUT2D eigenvalue weighted by Gasteiger charge is 2.25. The van der Waals surface area contributed by atoms with Crippen LogP contribution in [0.4, 0.5) is 0 Å². The van der Waals surface area contributed by atoms with Crippen molar-refractivity contribution in [3.05, 3.63) is 77.0 Å². The Hall–Kier alpha value is -3.09. The van der Waals surface area contributed by atoms with E-state index in [0.29, 0.717) is 6.04 Å². The number of halogens is 1. The summed E-state index contributed by atoms with van der Waals surface area (Å²) in [4.78, 5) is 18.9. The van der Waals surface area contributed by atoms with Gasteiger partial charge >= 0.3 is 0 Å². The largest absolute Gasteiger partial charge is 0.353 e. The van der Waals surface area contributed by atoms with Gasteiger partial charge in [-0.15, -0.1) is 12.4 Å². The van der Waals surface area contributed by atoms with Crippen LogP contribution in [0.25, 0.3) is 22.3 Å². The lowest BCUT2D eigenvalue weighted by Crippen LogP contribution is -2.44. The van der Waals surface area contributed by atoms with Gasteiger partial charge in [0.2, 0.25) is 0 Å². The van der Waals surface area contributed by atoms with Gasteiger partial charge in [-0.05, 0) is 67.0 Å². The van der Waals surface area contributed by atoms with Gasteiger partial charge in [-0.3, -0.25) is 9.89 Å². The summed E-state index contributed by atoms with van der Waals surface area (Å²) in [6.45, 7) is 2.48. The number of fused-ring (bicyclic) bond motifs is 5. The zero-order chi connectivity index (χ0) is 22.2. The van der Waals surface area contributed by atoms with Crippen molar-refractivity contribution in [1.29, 1.82) is 0 Å². The predicted molar refractivity (Wildman–Crippen MR) is 137 cm³/mol. The molecule has 1 aliphatic carbocycles. The number of rotatable bonds is 4. The first-order valence-corrected chi connectivity index (χ1v) is 12.0. The number of H-pyrrole nitrogens is 2. The van der Waals surface area contributed by atoms with E-state index >= 15 is 0 Å². The van der Waals surface area contributed by atoms with Crippen LogP contribution in [-0.2, 0) is 19.4 Å². The Morgan fingerprint density at radius 3 is 2.71 bits per heavy atom. The summed E-state index contributed by atoms with van der Waals surface area (Å²) in [5.41, 5.74) is 7.96. The smallest absolute Gasteiger partial charge is 0.253 e. The molecule has 1 aliphatic heterocycles. The average molecular weight is 476 g/mol. The molecular formula is C27H30ClN5O. The summed E-state index contributed by atoms with van der Waals surface area (Å²) in [5, 5.41) is 12.2. The Morgan fingerprint density at radius 1 is 1.06 bits per heavy atom. The molecule has 2 aromatic heterocycles. The molecule has 2 aliphatic rings. The van der Waals surface area contributed by atoms with Crippen molar-refractivity contribution >= 4 is 29.2 Å².